The summed E-state index contributed by atoms with van der Waals surface area (Å²) < 4.78 is 12.6. The highest BCUT2D eigenvalue weighted by Gasteiger charge is 2.05. The van der Waals surface area contributed by atoms with Crippen molar-refractivity contribution in [3.8, 4) is 11.5 Å². The third-order valence-corrected chi connectivity index (χ3v) is 3.47. The minimum atomic E-state index is 0.489. The number of methoxy groups -OCH3 is 2. The number of rotatable bonds is 7. The molecule has 1 N–H and O–H groups in total. The molecule has 0 saturated carbocycles. The first-order chi connectivity index (χ1) is 10.7. The van der Waals surface area contributed by atoms with Crippen LogP contribution in [0.15, 0.2) is 23.3 Å². The molecule has 118 valence electrons. The Morgan fingerprint density at radius 1 is 1.32 bits per heavy atom. The molecule has 0 saturated heterocycles. The second-order valence-electron chi connectivity index (χ2n) is 4.72. The van der Waals surface area contributed by atoms with Crippen molar-refractivity contribution < 1.29 is 9.47 Å². The van der Waals surface area contributed by atoms with Crippen LogP contribution in [-0.2, 0) is 6.42 Å². The van der Waals surface area contributed by atoms with Crippen molar-refractivity contribution >= 4 is 18.4 Å². The Hall–Kier alpha value is -2.15. The van der Waals surface area contributed by atoms with Crippen molar-refractivity contribution in [2.45, 2.75) is 26.2 Å². The number of ether oxygens (including phenoxy) is 2. The fraction of sp³-hybridized carbons (Fsp3) is 0.400. The van der Waals surface area contributed by atoms with E-state index < -0.39 is 0 Å². The van der Waals surface area contributed by atoms with E-state index in [1.807, 2.05) is 18.2 Å². The van der Waals surface area contributed by atoms with Crippen LogP contribution < -0.4 is 9.47 Å². The van der Waals surface area contributed by atoms with Crippen LogP contribution >= 0.6 is 12.2 Å². The highest BCUT2D eigenvalue weighted by atomic mass is 32.1. The molecule has 0 aliphatic heterocycles. The molecule has 22 heavy (non-hydrogen) atoms. The lowest BCUT2D eigenvalue weighted by atomic mass is 10.2. The highest BCUT2D eigenvalue weighted by Crippen LogP contribution is 2.26. The molecule has 2 rings (SSSR count). The fourth-order valence-corrected chi connectivity index (χ4v) is 2.20. The van der Waals surface area contributed by atoms with Gasteiger partial charge < -0.3 is 9.47 Å². The van der Waals surface area contributed by atoms with E-state index in [0.29, 0.717) is 16.3 Å². The minimum absolute atomic E-state index is 0.489. The molecule has 1 aromatic heterocycles. The third-order valence-electron chi connectivity index (χ3n) is 3.20. The molecule has 0 fully saturated rings. The number of benzene rings is 1. The smallest absolute Gasteiger partial charge is 0.216 e. The van der Waals surface area contributed by atoms with Gasteiger partial charge in [-0.1, -0.05) is 13.3 Å². The zero-order valence-corrected chi connectivity index (χ0v) is 13.8. The average molecular weight is 320 g/mol. The molecule has 7 heteroatoms. The van der Waals surface area contributed by atoms with Gasteiger partial charge in [0.05, 0.1) is 20.4 Å². The van der Waals surface area contributed by atoms with Crippen LogP contribution in [0.5, 0.6) is 11.5 Å². The Morgan fingerprint density at radius 2 is 2.09 bits per heavy atom. The molecule has 1 heterocycles. The molecule has 0 radical (unpaired) electrons. The Bertz CT molecular complexity index is 706. The van der Waals surface area contributed by atoms with Gasteiger partial charge in [0.15, 0.2) is 17.3 Å². The molecule has 0 amide bonds. The first-order valence-electron chi connectivity index (χ1n) is 7.12. The zero-order valence-electron chi connectivity index (χ0n) is 13.0. The van der Waals surface area contributed by atoms with Gasteiger partial charge in [-0.15, -0.1) is 0 Å². The number of nitrogens with one attached hydrogen (secondary N) is 1. The lowest BCUT2D eigenvalue weighted by Gasteiger charge is -2.07. The summed E-state index contributed by atoms with van der Waals surface area (Å²) in [6, 6.07) is 5.60. The molecule has 0 aliphatic carbocycles. The summed E-state index contributed by atoms with van der Waals surface area (Å²) in [4.78, 5) is 0. The van der Waals surface area contributed by atoms with E-state index in [0.717, 1.165) is 30.7 Å². The van der Waals surface area contributed by atoms with Crippen LogP contribution in [0.1, 0.15) is 31.2 Å². The maximum absolute atomic E-state index is 5.28. The fourth-order valence-electron chi connectivity index (χ4n) is 2.00. The van der Waals surface area contributed by atoms with Crippen molar-refractivity contribution in [3.05, 3.63) is 34.4 Å². The van der Waals surface area contributed by atoms with Gasteiger partial charge >= 0.3 is 0 Å². The number of hydrogen-bond acceptors (Lipinski definition) is 5. The summed E-state index contributed by atoms with van der Waals surface area (Å²) in [7, 11) is 3.21. The Kier molecular flexibility index (Phi) is 5.71. The van der Waals surface area contributed by atoms with Gasteiger partial charge in [-0.25, -0.2) is 0 Å². The molecule has 0 atom stereocenters. The SMILES string of the molecule is CCCCc1n[nH]c(=S)n1/N=C/c1ccc(OC)c(OC)c1. The van der Waals surface area contributed by atoms with E-state index >= 15 is 0 Å². The van der Waals surface area contributed by atoms with Crippen molar-refractivity contribution in [2.75, 3.05) is 14.2 Å². The van der Waals surface area contributed by atoms with E-state index in [4.69, 9.17) is 21.7 Å². The van der Waals surface area contributed by atoms with Crippen LogP contribution in [-0.4, -0.2) is 35.3 Å². The molecule has 6 nitrogen and oxygen atoms in total. The number of aryl methyl sites for hydroxylation is 1. The predicted octanol–water partition coefficient (Wildman–Crippen LogP) is 3.18. The summed E-state index contributed by atoms with van der Waals surface area (Å²) in [6.07, 6.45) is 4.71. The van der Waals surface area contributed by atoms with Crippen molar-refractivity contribution in [1.29, 1.82) is 0 Å². The average Bonchev–Trinajstić information content (AvgIpc) is 2.90. The topological polar surface area (TPSA) is 64.4 Å². The standard InChI is InChI=1S/C15H20N4O2S/c1-4-5-6-14-17-18-15(22)19(14)16-10-11-7-8-12(20-2)13(9-11)21-3/h7-10H,4-6H2,1-3H3,(H,18,22)/b16-10+. The number of aromatic nitrogens is 3. The molecule has 1 aromatic carbocycles. The third kappa shape index (κ3) is 3.73. The van der Waals surface area contributed by atoms with Gasteiger partial charge in [-0.2, -0.15) is 14.9 Å². The Labute approximate surface area is 134 Å². The highest BCUT2D eigenvalue weighted by molar-refractivity contribution is 7.71. The van der Waals surface area contributed by atoms with Crippen molar-refractivity contribution in [3.63, 3.8) is 0 Å². The lowest BCUT2D eigenvalue weighted by Crippen LogP contribution is -1.99. The van der Waals surface area contributed by atoms with Crippen LogP contribution in [0, 0.1) is 4.77 Å². The normalized spacial score (nSPS) is 11.0. The van der Waals surface area contributed by atoms with Gasteiger partial charge in [-0.3, -0.25) is 5.10 Å². The van der Waals surface area contributed by atoms with Gasteiger partial charge in [0.1, 0.15) is 0 Å². The number of hydrogen-bond donors (Lipinski definition) is 1. The lowest BCUT2D eigenvalue weighted by molar-refractivity contribution is 0.355. The second kappa shape index (κ2) is 7.74. The van der Waals surface area contributed by atoms with Crippen molar-refractivity contribution in [2.24, 2.45) is 5.10 Å². The van der Waals surface area contributed by atoms with E-state index in [2.05, 4.69) is 22.2 Å². The molecule has 0 unspecified atom stereocenters. The summed E-state index contributed by atoms with van der Waals surface area (Å²) in [5.74, 6) is 2.18. The molecular weight excluding hydrogens is 300 g/mol. The van der Waals surface area contributed by atoms with Crippen LogP contribution in [0.25, 0.3) is 0 Å². The van der Waals surface area contributed by atoms with Gasteiger partial charge in [0.25, 0.3) is 0 Å². The number of H-pyrrole nitrogens is 1. The first-order valence-corrected chi connectivity index (χ1v) is 7.53. The maximum Gasteiger partial charge on any atom is 0.216 e. The summed E-state index contributed by atoms with van der Waals surface area (Å²) >= 11 is 5.21. The van der Waals surface area contributed by atoms with E-state index in [-0.39, 0.29) is 0 Å². The summed E-state index contributed by atoms with van der Waals surface area (Å²) in [5.41, 5.74) is 0.891. The van der Waals surface area contributed by atoms with E-state index in [1.165, 1.54) is 0 Å². The monoisotopic (exact) mass is 320 g/mol. The van der Waals surface area contributed by atoms with Gasteiger partial charge in [0.2, 0.25) is 4.77 Å². The first kappa shape index (κ1) is 16.2. The van der Waals surface area contributed by atoms with Gasteiger partial charge in [-0.05, 0) is 42.4 Å². The van der Waals surface area contributed by atoms with Crippen LogP contribution in [0.4, 0.5) is 0 Å². The van der Waals surface area contributed by atoms with E-state index in [9.17, 15) is 0 Å². The predicted molar refractivity (Wildman–Crippen MR) is 88.6 cm³/mol. The maximum atomic E-state index is 5.28. The largest absolute Gasteiger partial charge is 0.493 e. The van der Waals surface area contributed by atoms with Gasteiger partial charge in [0, 0.05) is 6.42 Å². The summed E-state index contributed by atoms with van der Waals surface area (Å²) in [6.45, 7) is 2.14. The molecule has 0 aliphatic rings. The molecule has 2 aromatic rings. The molecular formula is C15H20N4O2S. The number of unbranched alkanes of at least 4 members (excludes halogenated alkanes) is 1. The van der Waals surface area contributed by atoms with Crippen LogP contribution in [0.2, 0.25) is 0 Å². The summed E-state index contributed by atoms with van der Waals surface area (Å²) in [5, 5.41) is 11.4. The van der Waals surface area contributed by atoms with Crippen molar-refractivity contribution in [1.82, 2.24) is 14.9 Å². The minimum Gasteiger partial charge on any atom is -0.493 e. The van der Waals surface area contributed by atoms with Crippen LogP contribution in [0.3, 0.4) is 0 Å². The number of aromatic amines is 1. The second-order valence-corrected chi connectivity index (χ2v) is 5.11. The Morgan fingerprint density at radius 3 is 2.77 bits per heavy atom. The van der Waals surface area contributed by atoms with E-state index in [1.54, 1.807) is 25.1 Å². The quantitative estimate of drug-likeness (QED) is 0.628. The molecule has 0 spiro atoms. The zero-order chi connectivity index (χ0) is 15.9. The Balaban J connectivity index is 2.25. The number of nitrogens with zero attached hydrogens (tertiary/aromatic N) is 3. The molecule has 0 bridgehead atoms.